The Hall–Kier alpha value is -2.40. The van der Waals surface area contributed by atoms with E-state index in [0.29, 0.717) is 33.5 Å². The molecule has 22 heavy (non-hydrogen) atoms. The van der Waals surface area contributed by atoms with Gasteiger partial charge in [-0.05, 0) is 12.1 Å². The number of halogens is 1. The van der Waals surface area contributed by atoms with Crippen molar-refractivity contribution in [2.45, 2.75) is 0 Å². The van der Waals surface area contributed by atoms with E-state index in [1.807, 2.05) is 18.2 Å². The van der Waals surface area contributed by atoms with Crippen LogP contribution >= 0.6 is 11.6 Å². The van der Waals surface area contributed by atoms with Gasteiger partial charge in [-0.3, -0.25) is 5.43 Å². The minimum Gasteiger partial charge on any atom is -0.496 e. The molecule has 0 aliphatic carbocycles. The maximum absolute atomic E-state index is 6.06. The average Bonchev–Trinajstić information content (AvgIpc) is 2.56. The number of para-hydroxylation sites is 1. The van der Waals surface area contributed by atoms with Gasteiger partial charge in [-0.25, -0.2) is 0 Å². The normalized spacial score (nSPS) is 10.5. The molecule has 2 aromatic carbocycles. The molecule has 0 aliphatic heterocycles. The summed E-state index contributed by atoms with van der Waals surface area (Å²) in [6.07, 6.45) is 1.61. The van der Waals surface area contributed by atoms with Gasteiger partial charge in [0, 0.05) is 12.1 Å². The van der Waals surface area contributed by atoms with E-state index in [-0.39, 0.29) is 0 Å². The lowest BCUT2D eigenvalue weighted by atomic mass is 10.2. The number of nitrogens with zero attached hydrogens (tertiary/aromatic N) is 1. The zero-order valence-electron chi connectivity index (χ0n) is 12.6. The lowest BCUT2D eigenvalue weighted by molar-refractivity contribution is 0.374. The highest BCUT2D eigenvalue weighted by Crippen LogP contribution is 2.32. The van der Waals surface area contributed by atoms with Gasteiger partial charge in [0.2, 0.25) is 0 Å². The summed E-state index contributed by atoms with van der Waals surface area (Å²) in [6, 6.07) is 10.9. The Balaban J connectivity index is 2.28. The van der Waals surface area contributed by atoms with Crippen molar-refractivity contribution in [3.8, 4) is 17.2 Å². The summed E-state index contributed by atoms with van der Waals surface area (Å²) < 4.78 is 15.9. The number of hydrogen-bond donors (Lipinski definition) is 1. The number of nitrogens with one attached hydrogen (secondary N) is 1. The molecule has 2 rings (SSSR count). The van der Waals surface area contributed by atoms with E-state index >= 15 is 0 Å². The number of ether oxygens (including phenoxy) is 3. The van der Waals surface area contributed by atoms with Gasteiger partial charge in [0.15, 0.2) is 0 Å². The third kappa shape index (κ3) is 3.62. The van der Waals surface area contributed by atoms with E-state index in [4.69, 9.17) is 25.8 Å². The third-order valence-corrected chi connectivity index (χ3v) is 3.34. The summed E-state index contributed by atoms with van der Waals surface area (Å²) in [5.74, 6) is 1.84. The van der Waals surface area contributed by atoms with Crippen LogP contribution in [0.5, 0.6) is 17.2 Å². The van der Waals surface area contributed by atoms with E-state index in [1.54, 1.807) is 45.7 Å². The molecule has 0 spiro atoms. The fourth-order valence-electron chi connectivity index (χ4n) is 1.88. The summed E-state index contributed by atoms with van der Waals surface area (Å²) in [4.78, 5) is 0. The highest BCUT2D eigenvalue weighted by molar-refractivity contribution is 6.33. The molecule has 5 nitrogen and oxygen atoms in total. The first-order valence-electron chi connectivity index (χ1n) is 6.53. The third-order valence-electron chi connectivity index (χ3n) is 3.01. The van der Waals surface area contributed by atoms with Crippen molar-refractivity contribution < 1.29 is 14.2 Å². The quantitative estimate of drug-likeness (QED) is 0.649. The molecule has 0 amide bonds. The fourth-order valence-corrected chi connectivity index (χ4v) is 2.06. The van der Waals surface area contributed by atoms with Crippen molar-refractivity contribution >= 4 is 23.5 Å². The first-order valence-corrected chi connectivity index (χ1v) is 6.91. The van der Waals surface area contributed by atoms with Gasteiger partial charge in [0.1, 0.15) is 17.2 Å². The lowest BCUT2D eigenvalue weighted by Crippen LogP contribution is -1.99. The van der Waals surface area contributed by atoms with Crippen LogP contribution < -0.4 is 19.6 Å². The summed E-state index contributed by atoms with van der Waals surface area (Å²) in [6.45, 7) is 0. The van der Waals surface area contributed by atoms with Gasteiger partial charge < -0.3 is 14.2 Å². The highest BCUT2D eigenvalue weighted by Gasteiger charge is 2.11. The van der Waals surface area contributed by atoms with Crippen LogP contribution in [0.2, 0.25) is 5.02 Å². The van der Waals surface area contributed by atoms with Gasteiger partial charge in [-0.2, -0.15) is 5.10 Å². The van der Waals surface area contributed by atoms with E-state index in [9.17, 15) is 0 Å². The molecule has 0 unspecified atom stereocenters. The molecular weight excluding hydrogens is 304 g/mol. The van der Waals surface area contributed by atoms with Crippen LogP contribution in [0.4, 0.5) is 5.69 Å². The molecule has 2 aromatic rings. The summed E-state index contributed by atoms with van der Waals surface area (Å²) in [5, 5.41) is 4.78. The first-order chi connectivity index (χ1) is 10.7. The molecule has 0 fully saturated rings. The van der Waals surface area contributed by atoms with Gasteiger partial charge in [-0.1, -0.05) is 23.7 Å². The molecule has 1 N–H and O–H groups in total. The molecule has 0 bridgehead atoms. The number of hydrazone groups is 1. The Labute approximate surface area is 134 Å². The van der Waals surface area contributed by atoms with Crippen LogP contribution in [0.3, 0.4) is 0 Å². The van der Waals surface area contributed by atoms with Gasteiger partial charge >= 0.3 is 0 Å². The van der Waals surface area contributed by atoms with Crippen molar-refractivity contribution in [1.29, 1.82) is 0 Å². The molecule has 0 aromatic heterocycles. The molecule has 0 heterocycles. The Morgan fingerprint density at radius 3 is 2.18 bits per heavy atom. The van der Waals surface area contributed by atoms with Crippen LogP contribution in [0.15, 0.2) is 41.5 Å². The number of anilines is 1. The molecule has 0 aliphatic rings. The van der Waals surface area contributed by atoms with Crippen LogP contribution in [0, 0.1) is 0 Å². The smallest absolute Gasteiger partial charge is 0.135 e. The monoisotopic (exact) mass is 320 g/mol. The van der Waals surface area contributed by atoms with Crippen molar-refractivity contribution in [2.75, 3.05) is 26.8 Å². The van der Waals surface area contributed by atoms with Crippen LogP contribution in [-0.4, -0.2) is 27.5 Å². The van der Waals surface area contributed by atoms with E-state index in [2.05, 4.69) is 10.5 Å². The van der Waals surface area contributed by atoms with Crippen molar-refractivity contribution in [3.05, 3.63) is 47.0 Å². The Kier molecular flexibility index (Phi) is 5.49. The molecular formula is C16H17ClN2O3. The molecule has 6 heteroatoms. The zero-order valence-corrected chi connectivity index (χ0v) is 13.3. The minimum atomic E-state index is 0.591. The highest BCUT2D eigenvalue weighted by atomic mass is 35.5. The van der Waals surface area contributed by atoms with Crippen molar-refractivity contribution in [1.82, 2.24) is 0 Å². The summed E-state index contributed by atoms with van der Waals surface area (Å²) in [5.41, 5.74) is 4.30. The lowest BCUT2D eigenvalue weighted by Gasteiger charge is -2.12. The zero-order chi connectivity index (χ0) is 15.9. The fraction of sp³-hybridized carbons (Fsp3) is 0.188. The summed E-state index contributed by atoms with van der Waals surface area (Å²) in [7, 11) is 4.74. The molecule has 0 radical (unpaired) electrons. The molecule has 116 valence electrons. The average molecular weight is 321 g/mol. The van der Waals surface area contributed by atoms with Gasteiger partial charge in [0.05, 0.1) is 43.8 Å². The molecule has 0 atom stereocenters. The predicted molar refractivity (Wildman–Crippen MR) is 88.8 cm³/mol. The summed E-state index contributed by atoms with van der Waals surface area (Å²) >= 11 is 6.06. The van der Waals surface area contributed by atoms with E-state index in [0.717, 1.165) is 0 Å². The number of methoxy groups -OCH3 is 3. The standard InChI is InChI=1S/C16H17ClN2O3/c1-20-11-8-15(21-2)12(16(9-11)22-3)10-18-19-14-7-5-4-6-13(14)17/h4-10,19H,1-3H3/b18-10+. The Morgan fingerprint density at radius 1 is 1.00 bits per heavy atom. The maximum atomic E-state index is 6.06. The number of benzene rings is 2. The van der Waals surface area contributed by atoms with Gasteiger partial charge in [0.25, 0.3) is 0 Å². The second kappa shape index (κ2) is 7.56. The predicted octanol–water partition coefficient (Wildman–Crippen LogP) is 3.81. The van der Waals surface area contributed by atoms with Gasteiger partial charge in [-0.15, -0.1) is 0 Å². The minimum absolute atomic E-state index is 0.591. The largest absolute Gasteiger partial charge is 0.496 e. The maximum Gasteiger partial charge on any atom is 0.135 e. The molecule has 0 saturated heterocycles. The number of rotatable bonds is 6. The number of hydrogen-bond acceptors (Lipinski definition) is 5. The Bertz CT molecular complexity index is 649. The van der Waals surface area contributed by atoms with Crippen molar-refractivity contribution in [2.24, 2.45) is 5.10 Å². The first kappa shape index (κ1) is 16.0. The van der Waals surface area contributed by atoms with E-state index in [1.165, 1.54) is 0 Å². The van der Waals surface area contributed by atoms with Crippen molar-refractivity contribution in [3.63, 3.8) is 0 Å². The van der Waals surface area contributed by atoms with Crippen LogP contribution in [-0.2, 0) is 0 Å². The second-order valence-corrected chi connectivity index (χ2v) is 4.70. The topological polar surface area (TPSA) is 52.1 Å². The van der Waals surface area contributed by atoms with Crippen LogP contribution in [0.1, 0.15) is 5.56 Å². The van der Waals surface area contributed by atoms with E-state index < -0.39 is 0 Å². The Morgan fingerprint density at radius 2 is 1.64 bits per heavy atom. The second-order valence-electron chi connectivity index (χ2n) is 4.30. The SMILES string of the molecule is COc1cc(OC)c(/C=N/Nc2ccccc2Cl)c(OC)c1. The molecule has 0 saturated carbocycles. The van der Waals surface area contributed by atoms with Crippen LogP contribution in [0.25, 0.3) is 0 Å².